The van der Waals surface area contributed by atoms with E-state index in [1.807, 2.05) is 6.07 Å². The van der Waals surface area contributed by atoms with Crippen molar-refractivity contribution in [2.24, 2.45) is 0 Å². The van der Waals surface area contributed by atoms with Crippen LogP contribution in [0.5, 0.6) is 0 Å². The maximum atomic E-state index is 12.7. The van der Waals surface area contributed by atoms with Crippen LogP contribution in [-0.4, -0.2) is 58.3 Å². The van der Waals surface area contributed by atoms with E-state index in [-0.39, 0.29) is 17.7 Å². The van der Waals surface area contributed by atoms with E-state index in [2.05, 4.69) is 35.3 Å². The maximum Gasteiger partial charge on any atom is 0.251 e. The van der Waals surface area contributed by atoms with E-state index in [1.54, 1.807) is 24.3 Å². The predicted octanol–water partition coefficient (Wildman–Crippen LogP) is 2.34. The highest BCUT2D eigenvalue weighted by Gasteiger charge is 2.23. The second-order valence-electron chi connectivity index (χ2n) is 7.56. The van der Waals surface area contributed by atoms with E-state index in [0.29, 0.717) is 30.9 Å². The van der Waals surface area contributed by atoms with E-state index >= 15 is 0 Å². The summed E-state index contributed by atoms with van der Waals surface area (Å²) >= 11 is 0. The lowest BCUT2D eigenvalue weighted by Gasteiger charge is -2.35. The molecule has 2 aromatic rings. The van der Waals surface area contributed by atoms with Crippen molar-refractivity contribution in [1.29, 1.82) is 0 Å². The van der Waals surface area contributed by atoms with Gasteiger partial charge in [0.1, 0.15) is 0 Å². The number of hydrogen-bond donors (Lipinski definition) is 1. The summed E-state index contributed by atoms with van der Waals surface area (Å²) in [6.07, 6.45) is 1.19. The molecule has 1 amide bonds. The highest BCUT2D eigenvalue weighted by Crippen LogP contribution is 2.22. The highest BCUT2D eigenvalue weighted by atomic mass is 32.2. The van der Waals surface area contributed by atoms with Crippen molar-refractivity contribution in [2.45, 2.75) is 18.7 Å². The third-order valence-corrected chi connectivity index (χ3v) is 5.85. The Hall–Kier alpha value is -2.22. The fraction of sp³-hybridized carbons (Fsp3) is 0.409. The first-order valence-corrected chi connectivity index (χ1v) is 11.8. The lowest BCUT2D eigenvalue weighted by molar-refractivity contribution is 0.0162. The number of rotatable bonds is 7. The van der Waals surface area contributed by atoms with Crippen LogP contribution in [0.4, 0.5) is 0 Å². The number of hydrogen-bond acceptors (Lipinski definition) is 5. The molecular weight excluding hydrogens is 388 g/mol. The Morgan fingerprint density at radius 2 is 1.86 bits per heavy atom. The first kappa shape index (κ1) is 21.5. The molecule has 1 heterocycles. The number of nitrogens with one attached hydrogen (secondary N) is 1. The van der Waals surface area contributed by atoms with Crippen LogP contribution < -0.4 is 5.32 Å². The summed E-state index contributed by atoms with van der Waals surface area (Å²) in [6, 6.07) is 15.2. The molecule has 1 aliphatic rings. The fourth-order valence-electron chi connectivity index (χ4n) is 3.62. The SMILES string of the molecule is Cc1cccc(C(CNC(=O)c2cccc(CS(C)(=O)=O)c2)N2CCOCC2)c1. The van der Waals surface area contributed by atoms with Crippen LogP contribution in [0.15, 0.2) is 48.5 Å². The summed E-state index contributed by atoms with van der Waals surface area (Å²) in [5.41, 5.74) is 3.43. The van der Waals surface area contributed by atoms with Crippen LogP contribution in [0.1, 0.15) is 33.1 Å². The quantitative estimate of drug-likeness (QED) is 0.750. The van der Waals surface area contributed by atoms with Crippen molar-refractivity contribution in [3.63, 3.8) is 0 Å². The molecule has 0 radical (unpaired) electrons. The first-order chi connectivity index (χ1) is 13.8. The second kappa shape index (κ2) is 9.52. The second-order valence-corrected chi connectivity index (χ2v) is 9.70. The minimum atomic E-state index is -3.15. The Balaban J connectivity index is 1.73. The van der Waals surface area contributed by atoms with Crippen LogP contribution in [0, 0.1) is 6.92 Å². The van der Waals surface area contributed by atoms with E-state index in [9.17, 15) is 13.2 Å². The number of nitrogens with zero attached hydrogens (tertiary/aromatic N) is 1. The lowest BCUT2D eigenvalue weighted by atomic mass is 10.0. The van der Waals surface area contributed by atoms with Gasteiger partial charge in [0.15, 0.2) is 9.84 Å². The molecule has 6 nitrogen and oxygen atoms in total. The molecule has 0 saturated carbocycles. The number of carbonyl (C=O) groups excluding carboxylic acids is 1. The van der Waals surface area contributed by atoms with Crippen molar-refractivity contribution in [3.05, 3.63) is 70.8 Å². The van der Waals surface area contributed by atoms with Gasteiger partial charge in [-0.05, 0) is 30.2 Å². The molecule has 1 saturated heterocycles. The zero-order valence-electron chi connectivity index (χ0n) is 16.9. The zero-order chi connectivity index (χ0) is 20.9. The van der Waals surface area contributed by atoms with Gasteiger partial charge in [-0.25, -0.2) is 8.42 Å². The minimum Gasteiger partial charge on any atom is -0.379 e. The average molecular weight is 417 g/mol. The van der Waals surface area contributed by atoms with Gasteiger partial charge in [0.25, 0.3) is 5.91 Å². The first-order valence-electron chi connectivity index (χ1n) is 9.75. The predicted molar refractivity (Wildman–Crippen MR) is 114 cm³/mol. The molecule has 1 unspecified atom stereocenters. The highest BCUT2D eigenvalue weighted by molar-refractivity contribution is 7.89. The van der Waals surface area contributed by atoms with Crippen molar-refractivity contribution in [2.75, 3.05) is 39.1 Å². The van der Waals surface area contributed by atoms with Crippen molar-refractivity contribution < 1.29 is 17.9 Å². The molecule has 2 aromatic carbocycles. The summed E-state index contributed by atoms with van der Waals surface area (Å²) < 4.78 is 28.6. The summed E-state index contributed by atoms with van der Waals surface area (Å²) in [5, 5.41) is 3.03. The van der Waals surface area contributed by atoms with Gasteiger partial charge >= 0.3 is 0 Å². The summed E-state index contributed by atoms with van der Waals surface area (Å²) in [4.78, 5) is 15.1. The maximum absolute atomic E-state index is 12.7. The molecule has 1 N–H and O–H groups in total. The molecule has 1 aliphatic heterocycles. The van der Waals surface area contributed by atoms with Gasteiger partial charge in [0.05, 0.1) is 25.0 Å². The normalized spacial score (nSPS) is 16.3. The Morgan fingerprint density at radius 1 is 1.14 bits per heavy atom. The molecule has 0 bridgehead atoms. The van der Waals surface area contributed by atoms with E-state index < -0.39 is 9.84 Å². The molecule has 0 aliphatic carbocycles. The van der Waals surface area contributed by atoms with Gasteiger partial charge in [0, 0.05) is 31.5 Å². The average Bonchev–Trinajstić information content (AvgIpc) is 2.68. The van der Waals surface area contributed by atoms with Crippen molar-refractivity contribution in [3.8, 4) is 0 Å². The number of benzene rings is 2. The largest absolute Gasteiger partial charge is 0.379 e. The van der Waals surface area contributed by atoms with Crippen LogP contribution >= 0.6 is 0 Å². The van der Waals surface area contributed by atoms with Gasteiger partial charge < -0.3 is 10.1 Å². The zero-order valence-corrected chi connectivity index (χ0v) is 17.7. The third-order valence-electron chi connectivity index (χ3n) is 4.99. The summed E-state index contributed by atoms with van der Waals surface area (Å²) in [6.45, 7) is 5.54. The Labute approximate surface area is 172 Å². The molecule has 3 rings (SSSR count). The molecule has 1 atom stereocenters. The van der Waals surface area contributed by atoms with E-state index in [4.69, 9.17) is 4.74 Å². The summed E-state index contributed by atoms with van der Waals surface area (Å²) in [5.74, 6) is -0.278. The third kappa shape index (κ3) is 6.39. The Bertz CT molecular complexity index is 953. The summed E-state index contributed by atoms with van der Waals surface area (Å²) in [7, 11) is -3.15. The number of sulfone groups is 1. The monoisotopic (exact) mass is 416 g/mol. The van der Waals surface area contributed by atoms with Crippen LogP contribution in [0.2, 0.25) is 0 Å². The van der Waals surface area contributed by atoms with Crippen LogP contribution in [0.3, 0.4) is 0 Å². The fourth-order valence-corrected chi connectivity index (χ4v) is 4.41. The van der Waals surface area contributed by atoms with E-state index in [1.165, 1.54) is 11.8 Å². The van der Waals surface area contributed by atoms with Gasteiger partial charge in [-0.1, -0.05) is 42.0 Å². The number of aryl methyl sites for hydroxylation is 1. The van der Waals surface area contributed by atoms with Crippen molar-refractivity contribution >= 4 is 15.7 Å². The number of morpholine rings is 1. The molecular formula is C22H28N2O4S. The lowest BCUT2D eigenvalue weighted by Crippen LogP contribution is -2.43. The molecule has 156 valence electrons. The molecule has 29 heavy (non-hydrogen) atoms. The minimum absolute atomic E-state index is 0.0574. The topological polar surface area (TPSA) is 75.7 Å². The van der Waals surface area contributed by atoms with Crippen LogP contribution in [0.25, 0.3) is 0 Å². The van der Waals surface area contributed by atoms with Gasteiger partial charge in [0.2, 0.25) is 0 Å². The van der Waals surface area contributed by atoms with Gasteiger partial charge in [-0.15, -0.1) is 0 Å². The standard InChI is InChI=1S/C22H28N2O4S/c1-17-5-3-7-19(13-17)21(24-9-11-28-12-10-24)15-23-22(25)20-8-4-6-18(14-20)16-29(2,26)27/h3-8,13-14,21H,9-12,15-16H2,1-2H3,(H,23,25). The molecule has 1 fully saturated rings. The molecule has 0 aromatic heterocycles. The molecule has 7 heteroatoms. The van der Waals surface area contributed by atoms with Gasteiger partial charge in [-0.2, -0.15) is 0 Å². The van der Waals surface area contributed by atoms with Gasteiger partial charge in [-0.3, -0.25) is 9.69 Å². The molecule has 0 spiro atoms. The number of ether oxygens (including phenoxy) is 1. The van der Waals surface area contributed by atoms with E-state index in [0.717, 1.165) is 18.7 Å². The number of amides is 1. The smallest absolute Gasteiger partial charge is 0.251 e. The van der Waals surface area contributed by atoms with Crippen LogP contribution in [-0.2, 0) is 20.3 Å². The Kier molecular flexibility index (Phi) is 7.05. The Morgan fingerprint density at radius 3 is 2.55 bits per heavy atom. The number of carbonyl (C=O) groups is 1. The van der Waals surface area contributed by atoms with Crippen molar-refractivity contribution in [1.82, 2.24) is 10.2 Å².